The van der Waals surface area contributed by atoms with Crippen molar-refractivity contribution in [1.82, 2.24) is 9.55 Å². The number of thiol groups is 1. The van der Waals surface area contributed by atoms with Crippen molar-refractivity contribution in [2.45, 2.75) is 12.1 Å². The van der Waals surface area contributed by atoms with Gasteiger partial charge in [-0.1, -0.05) is 0 Å². The van der Waals surface area contributed by atoms with Gasteiger partial charge in [0.05, 0.1) is 6.61 Å². The van der Waals surface area contributed by atoms with Gasteiger partial charge in [-0.2, -0.15) is 0 Å². The molecule has 0 aromatic carbocycles. The molecule has 0 aliphatic carbocycles. The first-order valence-electron chi connectivity index (χ1n) is 3.54. The Balaban J connectivity index is 2.82. The number of imidazole rings is 1. The largest absolute Gasteiger partial charge is 0.461 e. The number of hydrogen-bond acceptors (Lipinski definition) is 4. The zero-order valence-electron chi connectivity index (χ0n) is 6.94. The average molecular weight is 186 g/mol. The van der Waals surface area contributed by atoms with Crippen LogP contribution in [-0.2, 0) is 11.8 Å². The Morgan fingerprint density at radius 1 is 1.83 bits per heavy atom. The first-order chi connectivity index (χ1) is 5.65. The predicted octanol–water partition coefficient (Wildman–Crippen LogP) is 0.885. The van der Waals surface area contributed by atoms with E-state index in [1.54, 1.807) is 24.7 Å². The molecule has 1 aromatic heterocycles. The number of nitrogens with zero attached hydrogens (tertiary/aromatic N) is 2. The van der Waals surface area contributed by atoms with Crippen LogP contribution in [-0.4, -0.2) is 22.1 Å². The van der Waals surface area contributed by atoms with E-state index in [9.17, 15) is 4.79 Å². The molecule has 0 aliphatic heterocycles. The predicted molar refractivity (Wildman–Crippen MR) is 46.4 cm³/mol. The van der Waals surface area contributed by atoms with Crippen LogP contribution in [0.15, 0.2) is 11.4 Å². The average Bonchev–Trinajstić information content (AvgIpc) is 2.33. The number of aromatic nitrogens is 2. The topological polar surface area (TPSA) is 44.1 Å². The summed E-state index contributed by atoms with van der Waals surface area (Å²) in [6.45, 7) is 2.11. The molecule has 0 N–H and O–H groups in total. The van der Waals surface area contributed by atoms with E-state index in [0.29, 0.717) is 17.5 Å². The number of esters is 1. The normalized spacial score (nSPS) is 9.92. The molecule has 0 spiro atoms. The Labute approximate surface area is 76.0 Å². The van der Waals surface area contributed by atoms with Crippen molar-refractivity contribution in [3.8, 4) is 0 Å². The second-order valence-corrected chi connectivity index (χ2v) is 2.66. The molecule has 0 amide bonds. The van der Waals surface area contributed by atoms with Crippen LogP contribution in [0.25, 0.3) is 0 Å². The van der Waals surface area contributed by atoms with E-state index in [2.05, 4.69) is 17.6 Å². The van der Waals surface area contributed by atoms with Crippen LogP contribution in [0.4, 0.5) is 0 Å². The van der Waals surface area contributed by atoms with E-state index in [0.717, 1.165) is 0 Å². The standard InChI is InChI=1S/C7H10N2O2S/c1-3-11-6(10)5-4-9(2)7(12)8-5/h4H,3H2,1-2H3,(H,8,12). The highest BCUT2D eigenvalue weighted by molar-refractivity contribution is 7.80. The van der Waals surface area contributed by atoms with Crippen LogP contribution in [0.1, 0.15) is 17.4 Å². The lowest BCUT2D eigenvalue weighted by atomic mass is 10.5. The SMILES string of the molecule is CCOC(=O)c1cn(C)c(S)n1. The van der Waals surface area contributed by atoms with Crippen molar-refractivity contribution in [1.29, 1.82) is 0 Å². The van der Waals surface area contributed by atoms with Gasteiger partial charge < -0.3 is 9.30 Å². The molecular formula is C7H10N2O2S. The Bertz CT molecular complexity index is 276. The molecule has 66 valence electrons. The van der Waals surface area contributed by atoms with E-state index in [1.165, 1.54) is 0 Å². The van der Waals surface area contributed by atoms with Crippen LogP contribution in [0.3, 0.4) is 0 Å². The number of aryl methyl sites for hydroxylation is 1. The van der Waals surface area contributed by atoms with Gasteiger partial charge in [-0.25, -0.2) is 9.78 Å². The Hall–Kier alpha value is -0.970. The number of hydrogen-bond donors (Lipinski definition) is 1. The maximum Gasteiger partial charge on any atom is 0.358 e. The fourth-order valence-corrected chi connectivity index (χ4v) is 0.925. The Kier molecular flexibility index (Phi) is 2.75. The minimum atomic E-state index is -0.409. The second kappa shape index (κ2) is 3.62. The molecule has 0 fully saturated rings. The van der Waals surface area contributed by atoms with Crippen molar-refractivity contribution in [3.63, 3.8) is 0 Å². The minimum Gasteiger partial charge on any atom is -0.461 e. The summed E-state index contributed by atoms with van der Waals surface area (Å²) in [4.78, 5) is 15.0. The molecule has 0 saturated heterocycles. The Morgan fingerprint density at radius 2 is 2.50 bits per heavy atom. The van der Waals surface area contributed by atoms with Gasteiger partial charge in [0, 0.05) is 13.2 Å². The number of carbonyl (C=O) groups is 1. The highest BCUT2D eigenvalue weighted by atomic mass is 32.1. The van der Waals surface area contributed by atoms with Crippen LogP contribution >= 0.6 is 12.6 Å². The van der Waals surface area contributed by atoms with Gasteiger partial charge in [0.1, 0.15) is 0 Å². The van der Waals surface area contributed by atoms with Gasteiger partial charge >= 0.3 is 5.97 Å². The molecule has 5 heteroatoms. The zero-order chi connectivity index (χ0) is 9.14. The third kappa shape index (κ3) is 1.79. The van der Waals surface area contributed by atoms with Crippen molar-refractivity contribution >= 4 is 18.6 Å². The van der Waals surface area contributed by atoms with Gasteiger partial charge in [-0.3, -0.25) is 0 Å². The summed E-state index contributed by atoms with van der Waals surface area (Å²) in [6, 6.07) is 0. The molecule has 0 atom stereocenters. The van der Waals surface area contributed by atoms with Gasteiger partial charge in [0.15, 0.2) is 10.9 Å². The summed E-state index contributed by atoms with van der Waals surface area (Å²) in [5, 5.41) is 0.498. The lowest BCUT2D eigenvalue weighted by molar-refractivity contribution is 0.0519. The summed E-state index contributed by atoms with van der Waals surface area (Å²) in [5.74, 6) is -0.409. The highest BCUT2D eigenvalue weighted by Gasteiger charge is 2.11. The van der Waals surface area contributed by atoms with E-state index in [4.69, 9.17) is 4.74 Å². The lowest BCUT2D eigenvalue weighted by Gasteiger charge is -1.95. The molecular weight excluding hydrogens is 176 g/mol. The van der Waals surface area contributed by atoms with Crippen molar-refractivity contribution < 1.29 is 9.53 Å². The summed E-state index contributed by atoms with van der Waals surface area (Å²) in [7, 11) is 1.76. The molecule has 12 heavy (non-hydrogen) atoms. The third-order valence-electron chi connectivity index (χ3n) is 1.34. The van der Waals surface area contributed by atoms with Crippen LogP contribution in [0.5, 0.6) is 0 Å². The molecule has 0 bridgehead atoms. The highest BCUT2D eigenvalue weighted by Crippen LogP contribution is 2.06. The second-order valence-electron chi connectivity index (χ2n) is 2.26. The molecule has 4 nitrogen and oxygen atoms in total. The molecule has 0 unspecified atom stereocenters. The summed E-state index contributed by atoms with van der Waals surface area (Å²) in [5.41, 5.74) is 0.296. The van der Waals surface area contributed by atoms with Crippen LogP contribution < -0.4 is 0 Å². The van der Waals surface area contributed by atoms with Crippen LogP contribution in [0, 0.1) is 0 Å². The maximum absolute atomic E-state index is 11.1. The maximum atomic E-state index is 11.1. The van der Waals surface area contributed by atoms with E-state index in [1.807, 2.05) is 0 Å². The fourth-order valence-electron chi connectivity index (χ4n) is 0.760. The van der Waals surface area contributed by atoms with Crippen molar-refractivity contribution in [3.05, 3.63) is 11.9 Å². The van der Waals surface area contributed by atoms with Gasteiger partial charge in [0.2, 0.25) is 0 Å². The van der Waals surface area contributed by atoms with E-state index in [-0.39, 0.29) is 0 Å². The Morgan fingerprint density at radius 3 is 2.92 bits per heavy atom. The van der Waals surface area contributed by atoms with Gasteiger partial charge in [-0.05, 0) is 6.92 Å². The third-order valence-corrected chi connectivity index (χ3v) is 1.75. The first-order valence-corrected chi connectivity index (χ1v) is 3.99. The zero-order valence-corrected chi connectivity index (χ0v) is 7.84. The van der Waals surface area contributed by atoms with Crippen molar-refractivity contribution in [2.75, 3.05) is 6.61 Å². The molecule has 1 rings (SSSR count). The van der Waals surface area contributed by atoms with Gasteiger partial charge in [0.25, 0.3) is 0 Å². The number of rotatable bonds is 2. The molecule has 1 aromatic rings. The monoisotopic (exact) mass is 186 g/mol. The molecule has 0 aliphatic rings. The molecule has 0 radical (unpaired) electrons. The quantitative estimate of drug-likeness (QED) is 0.551. The fraction of sp³-hybridized carbons (Fsp3) is 0.429. The lowest BCUT2D eigenvalue weighted by Crippen LogP contribution is -2.04. The smallest absolute Gasteiger partial charge is 0.358 e. The van der Waals surface area contributed by atoms with Crippen molar-refractivity contribution in [2.24, 2.45) is 7.05 Å². The van der Waals surface area contributed by atoms with Crippen LogP contribution in [0.2, 0.25) is 0 Å². The van der Waals surface area contributed by atoms with E-state index >= 15 is 0 Å². The number of ether oxygens (including phenoxy) is 1. The first kappa shape index (κ1) is 9.12. The summed E-state index contributed by atoms with van der Waals surface area (Å²) in [6.07, 6.45) is 1.58. The molecule has 0 saturated carbocycles. The summed E-state index contributed by atoms with van der Waals surface area (Å²) >= 11 is 4.03. The number of carbonyl (C=O) groups excluding carboxylic acids is 1. The van der Waals surface area contributed by atoms with Gasteiger partial charge in [-0.15, -0.1) is 12.6 Å². The van der Waals surface area contributed by atoms with E-state index < -0.39 is 5.97 Å². The summed E-state index contributed by atoms with van der Waals surface area (Å²) < 4.78 is 6.40. The molecule has 1 heterocycles. The minimum absolute atomic E-state index is 0.296.